The predicted molar refractivity (Wildman–Crippen MR) is 121 cm³/mol. The third-order valence-electron chi connectivity index (χ3n) is 5.26. The number of hydrogen-bond donors (Lipinski definition) is 1. The maximum Gasteiger partial charge on any atom is 0.416 e. The minimum atomic E-state index is -4.48. The molecule has 0 radical (unpaired) electrons. The van der Waals surface area contributed by atoms with Crippen molar-refractivity contribution in [3.05, 3.63) is 54.1 Å². The van der Waals surface area contributed by atoms with E-state index in [0.29, 0.717) is 30.2 Å². The number of nitrogens with one attached hydrogen (secondary N) is 1. The Kier molecular flexibility index (Phi) is 7.00. The van der Waals surface area contributed by atoms with Gasteiger partial charge in [0.1, 0.15) is 12.8 Å². The fourth-order valence-electron chi connectivity index (χ4n) is 3.25. The number of anilines is 1. The molecule has 0 aliphatic heterocycles. The average Bonchev–Trinajstić information content (AvgIpc) is 3.25. The molecule has 0 spiro atoms. The fourth-order valence-corrected chi connectivity index (χ4v) is 3.44. The Labute approximate surface area is 203 Å². The molecule has 35 heavy (non-hydrogen) atoms. The number of carbonyl (C=O) groups excluding carboxylic acids is 1. The standard InChI is InChI=1S/C23H21ClF4N4O3/c1-2-34-10-11-35-21-30-19(14-6-8-15(9-7-14)23(26,27)28)32(31-21)17-5-3-4-16(12-17)29-20(33)22(24)13-18(22)25/h3-9,12,18H,2,10-11,13H2,1H3,(H,29,33)/t18-,22+/m1/s1. The van der Waals surface area contributed by atoms with Gasteiger partial charge in [-0.05, 0) is 37.3 Å². The maximum atomic E-state index is 13.4. The van der Waals surface area contributed by atoms with Crippen molar-refractivity contribution in [2.75, 3.05) is 25.1 Å². The highest BCUT2D eigenvalue weighted by molar-refractivity contribution is 6.39. The first-order valence-electron chi connectivity index (χ1n) is 10.7. The molecule has 1 N–H and O–H groups in total. The van der Waals surface area contributed by atoms with Crippen LogP contribution in [-0.2, 0) is 15.7 Å². The molecule has 7 nitrogen and oxygen atoms in total. The third-order valence-corrected chi connectivity index (χ3v) is 5.82. The monoisotopic (exact) mass is 512 g/mol. The predicted octanol–water partition coefficient (Wildman–Crippen LogP) is 5.03. The van der Waals surface area contributed by atoms with Crippen LogP contribution in [0.25, 0.3) is 17.1 Å². The van der Waals surface area contributed by atoms with E-state index in [9.17, 15) is 22.4 Å². The minimum Gasteiger partial charge on any atom is -0.460 e. The molecule has 4 rings (SSSR count). The third kappa shape index (κ3) is 5.57. The van der Waals surface area contributed by atoms with Gasteiger partial charge in [0.15, 0.2) is 10.7 Å². The first-order chi connectivity index (χ1) is 16.6. The second-order valence-corrected chi connectivity index (χ2v) is 8.46. The molecule has 1 heterocycles. The van der Waals surface area contributed by atoms with Crippen molar-refractivity contribution in [1.82, 2.24) is 14.8 Å². The molecule has 1 aromatic heterocycles. The molecule has 1 amide bonds. The number of amides is 1. The summed E-state index contributed by atoms with van der Waals surface area (Å²) >= 11 is 5.95. The highest BCUT2D eigenvalue weighted by Crippen LogP contribution is 2.46. The van der Waals surface area contributed by atoms with Crippen LogP contribution in [0.1, 0.15) is 18.9 Å². The zero-order valence-corrected chi connectivity index (χ0v) is 19.2. The largest absolute Gasteiger partial charge is 0.460 e. The van der Waals surface area contributed by atoms with E-state index >= 15 is 0 Å². The van der Waals surface area contributed by atoms with Gasteiger partial charge in [0.25, 0.3) is 0 Å². The topological polar surface area (TPSA) is 78.3 Å². The van der Waals surface area contributed by atoms with E-state index in [0.717, 1.165) is 12.1 Å². The zero-order valence-electron chi connectivity index (χ0n) is 18.5. The summed E-state index contributed by atoms with van der Waals surface area (Å²) in [5, 5.41) is 6.90. The Morgan fingerprint density at radius 2 is 1.94 bits per heavy atom. The van der Waals surface area contributed by atoms with Gasteiger partial charge < -0.3 is 14.8 Å². The molecule has 12 heteroatoms. The van der Waals surface area contributed by atoms with Crippen molar-refractivity contribution in [3.8, 4) is 23.1 Å². The summed E-state index contributed by atoms with van der Waals surface area (Å²) in [6.07, 6.45) is -5.96. The lowest BCUT2D eigenvalue weighted by molar-refractivity contribution is -0.137. The summed E-state index contributed by atoms with van der Waals surface area (Å²) in [5.41, 5.74) is 0.324. The van der Waals surface area contributed by atoms with E-state index < -0.39 is 28.7 Å². The van der Waals surface area contributed by atoms with E-state index in [1.165, 1.54) is 16.8 Å². The van der Waals surface area contributed by atoms with Gasteiger partial charge >= 0.3 is 12.2 Å². The van der Waals surface area contributed by atoms with Crippen LogP contribution in [0.4, 0.5) is 23.2 Å². The van der Waals surface area contributed by atoms with Crippen molar-refractivity contribution in [1.29, 1.82) is 0 Å². The number of rotatable bonds is 9. The average molecular weight is 513 g/mol. The van der Waals surface area contributed by atoms with Crippen molar-refractivity contribution >= 4 is 23.2 Å². The van der Waals surface area contributed by atoms with E-state index in [1.807, 2.05) is 6.92 Å². The molecule has 0 saturated heterocycles. The number of ether oxygens (including phenoxy) is 2. The number of alkyl halides is 5. The Hall–Kier alpha value is -3.18. The molecule has 1 saturated carbocycles. The molecule has 1 aliphatic carbocycles. The number of benzene rings is 2. The second kappa shape index (κ2) is 9.82. The van der Waals surface area contributed by atoms with Crippen LogP contribution in [0.5, 0.6) is 6.01 Å². The van der Waals surface area contributed by atoms with Gasteiger partial charge in [-0.3, -0.25) is 4.79 Å². The van der Waals surface area contributed by atoms with Crippen LogP contribution in [0.3, 0.4) is 0 Å². The van der Waals surface area contributed by atoms with E-state index in [4.69, 9.17) is 21.1 Å². The number of nitrogens with zero attached hydrogens (tertiary/aromatic N) is 3. The van der Waals surface area contributed by atoms with Crippen LogP contribution < -0.4 is 10.1 Å². The lowest BCUT2D eigenvalue weighted by Crippen LogP contribution is -2.27. The first-order valence-corrected chi connectivity index (χ1v) is 11.1. The fraction of sp³-hybridized carbons (Fsp3) is 0.348. The summed E-state index contributed by atoms with van der Waals surface area (Å²) in [6.45, 7) is 2.82. The molecule has 1 fully saturated rings. The quantitative estimate of drug-likeness (QED) is 0.247. The van der Waals surface area contributed by atoms with Gasteiger partial charge in [-0.15, -0.1) is 16.7 Å². The SMILES string of the molecule is CCOCCOc1nc(-c2ccc(C(F)(F)F)cc2)n(-c2cccc(NC(=O)[C@]3(Cl)C[C@H]3F)c2)n1. The normalized spacial score (nSPS) is 19.4. The van der Waals surface area contributed by atoms with Crippen LogP contribution >= 0.6 is 11.6 Å². The van der Waals surface area contributed by atoms with E-state index in [1.54, 1.807) is 24.3 Å². The minimum absolute atomic E-state index is 0.00741. The molecule has 2 aromatic carbocycles. The lowest BCUT2D eigenvalue weighted by Gasteiger charge is -2.11. The smallest absolute Gasteiger partial charge is 0.416 e. The van der Waals surface area contributed by atoms with E-state index in [-0.39, 0.29) is 24.9 Å². The number of aromatic nitrogens is 3. The molecule has 0 unspecified atom stereocenters. The van der Waals surface area contributed by atoms with Crippen LogP contribution in [0.15, 0.2) is 48.5 Å². The van der Waals surface area contributed by atoms with Crippen LogP contribution in [0.2, 0.25) is 0 Å². The molecule has 186 valence electrons. The van der Waals surface area contributed by atoms with Crippen molar-refractivity contribution in [3.63, 3.8) is 0 Å². The van der Waals surface area contributed by atoms with Gasteiger partial charge in [-0.25, -0.2) is 9.07 Å². The van der Waals surface area contributed by atoms with Crippen molar-refractivity contribution < 1.29 is 31.8 Å². The van der Waals surface area contributed by atoms with Crippen molar-refractivity contribution in [2.45, 2.75) is 30.6 Å². The zero-order chi connectivity index (χ0) is 25.2. The summed E-state index contributed by atoms with van der Waals surface area (Å²) in [6, 6.07) is 10.9. The molecule has 1 aliphatic rings. The van der Waals surface area contributed by atoms with Gasteiger partial charge in [0, 0.05) is 24.3 Å². The van der Waals surface area contributed by atoms with Crippen LogP contribution in [-0.4, -0.2) is 51.5 Å². The second-order valence-electron chi connectivity index (χ2n) is 7.79. The Morgan fingerprint density at radius 1 is 1.23 bits per heavy atom. The first kappa shape index (κ1) is 24.9. The maximum absolute atomic E-state index is 13.4. The summed E-state index contributed by atoms with van der Waals surface area (Å²) in [7, 11) is 0. The number of hydrogen-bond acceptors (Lipinski definition) is 5. The molecular formula is C23H21ClF4N4O3. The van der Waals surface area contributed by atoms with E-state index in [2.05, 4.69) is 15.4 Å². The van der Waals surface area contributed by atoms with Gasteiger partial charge in [0.2, 0.25) is 5.91 Å². The highest BCUT2D eigenvalue weighted by Gasteiger charge is 2.60. The van der Waals surface area contributed by atoms with Crippen LogP contribution in [0, 0.1) is 0 Å². The number of halogens is 5. The summed E-state index contributed by atoms with van der Waals surface area (Å²) in [5.74, 6) is -0.446. The Bertz CT molecular complexity index is 1200. The van der Waals surface area contributed by atoms with Gasteiger partial charge in [0.05, 0.1) is 17.9 Å². The molecule has 3 aromatic rings. The Morgan fingerprint density at radius 3 is 2.57 bits per heavy atom. The summed E-state index contributed by atoms with van der Waals surface area (Å²) < 4.78 is 64.6. The number of carbonyl (C=O) groups is 1. The lowest BCUT2D eigenvalue weighted by atomic mass is 10.1. The molecular weight excluding hydrogens is 492 g/mol. The van der Waals surface area contributed by atoms with Gasteiger partial charge in [-0.1, -0.05) is 18.2 Å². The summed E-state index contributed by atoms with van der Waals surface area (Å²) in [4.78, 5) is 15.0. The molecule has 0 bridgehead atoms. The van der Waals surface area contributed by atoms with Gasteiger partial charge in [-0.2, -0.15) is 18.2 Å². The van der Waals surface area contributed by atoms with Crippen molar-refractivity contribution in [2.24, 2.45) is 0 Å². The molecule has 2 atom stereocenters. The Balaban J connectivity index is 1.65. The highest BCUT2D eigenvalue weighted by atomic mass is 35.5.